The first-order valence-electron chi connectivity index (χ1n) is 5.01. The van der Waals surface area contributed by atoms with Crippen molar-refractivity contribution in [3.63, 3.8) is 0 Å². The molecule has 78 valence electrons. The number of nitrogens with one attached hydrogen (secondary N) is 1. The minimum absolute atomic E-state index is 0.440. The van der Waals surface area contributed by atoms with Gasteiger partial charge in [0.2, 0.25) is 0 Å². The molecular formula is C12H19NO. The Labute approximate surface area is 86.0 Å². The summed E-state index contributed by atoms with van der Waals surface area (Å²) < 4.78 is 0. The second-order valence-corrected chi connectivity index (χ2v) is 3.80. The van der Waals surface area contributed by atoms with Crippen molar-refractivity contribution < 1.29 is 5.11 Å². The molecule has 0 aromatic heterocycles. The van der Waals surface area contributed by atoms with Gasteiger partial charge >= 0.3 is 0 Å². The van der Waals surface area contributed by atoms with Crippen LogP contribution in [0.5, 0.6) is 5.75 Å². The summed E-state index contributed by atoms with van der Waals surface area (Å²) in [5.74, 6) is 0.440. The van der Waals surface area contributed by atoms with Crippen LogP contribution in [0.15, 0.2) is 6.07 Å². The zero-order valence-electron chi connectivity index (χ0n) is 9.44. The average Bonchev–Trinajstić information content (AvgIpc) is 2.18. The van der Waals surface area contributed by atoms with E-state index in [2.05, 4.69) is 18.3 Å². The Morgan fingerprint density at radius 3 is 2.43 bits per heavy atom. The van der Waals surface area contributed by atoms with E-state index in [1.807, 2.05) is 20.9 Å². The van der Waals surface area contributed by atoms with Crippen LogP contribution in [0.3, 0.4) is 0 Å². The number of rotatable bonds is 3. The topological polar surface area (TPSA) is 32.3 Å². The van der Waals surface area contributed by atoms with Gasteiger partial charge in [0, 0.05) is 0 Å². The molecule has 0 radical (unpaired) electrons. The van der Waals surface area contributed by atoms with Crippen LogP contribution in [0.1, 0.15) is 22.3 Å². The summed E-state index contributed by atoms with van der Waals surface area (Å²) in [5, 5.41) is 12.9. The predicted molar refractivity (Wildman–Crippen MR) is 59.9 cm³/mol. The van der Waals surface area contributed by atoms with Crippen molar-refractivity contribution in [3.05, 3.63) is 28.3 Å². The molecule has 0 atom stereocenters. The van der Waals surface area contributed by atoms with Crippen LogP contribution in [0, 0.1) is 20.8 Å². The summed E-state index contributed by atoms with van der Waals surface area (Å²) >= 11 is 0. The highest BCUT2D eigenvalue weighted by molar-refractivity contribution is 5.48. The van der Waals surface area contributed by atoms with Crippen LogP contribution in [0.4, 0.5) is 0 Å². The van der Waals surface area contributed by atoms with Gasteiger partial charge in [0.05, 0.1) is 0 Å². The molecule has 0 fully saturated rings. The Balaban J connectivity index is 3.06. The van der Waals surface area contributed by atoms with E-state index in [0.717, 1.165) is 24.1 Å². The maximum atomic E-state index is 9.72. The molecule has 0 amide bonds. The molecule has 0 aliphatic carbocycles. The Morgan fingerprint density at radius 1 is 1.21 bits per heavy atom. The van der Waals surface area contributed by atoms with Gasteiger partial charge in [-0.05, 0) is 63.0 Å². The first-order chi connectivity index (χ1) is 6.57. The standard InChI is InChI=1S/C12H19NO/c1-8-7-11(5-6-13-4)9(2)10(3)12(8)14/h7,13-14H,5-6H2,1-4H3. The molecule has 2 N–H and O–H groups in total. The summed E-state index contributed by atoms with van der Waals surface area (Å²) in [5.41, 5.74) is 4.52. The summed E-state index contributed by atoms with van der Waals surface area (Å²) in [6, 6.07) is 2.08. The fourth-order valence-electron chi connectivity index (χ4n) is 1.67. The molecule has 2 heteroatoms. The van der Waals surface area contributed by atoms with Crippen molar-refractivity contribution >= 4 is 0 Å². The highest BCUT2D eigenvalue weighted by Gasteiger charge is 2.08. The van der Waals surface area contributed by atoms with Gasteiger partial charge in [0.1, 0.15) is 5.75 Å². The largest absolute Gasteiger partial charge is 0.507 e. The molecule has 1 rings (SSSR count). The Kier molecular flexibility index (Phi) is 3.53. The van der Waals surface area contributed by atoms with Gasteiger partial charge in [0.25, 0.3) is 0 Å². The molecule has 0 saturated carbocycles. The molecule has 0 unspecified atom stereocenters. The zero-order valence-corrected chi connectivity index (χ0v) is 9.44. The van der Waals surface area contributed by atoms with E-state index in [1.54, 1.807) is 0 Å². The summed E-state index contributed by atoms with van der Waals surface area (Å²) in [6.45, 7) is 6.97. The smallest absolute Gasteiger partial charge is 0.121 e. The predicted octanol–water partition coefficient (Wildman–Crippen LogP) is 2.08. The lowest BCUT2D eigenvalue weighted by Gasteiger charge is -2.12. The van der Waals surface area contributed by atoms with Crippen molar-refractivity contribution in [2.75, 3.05) is 13.6 Å². The van der Waals surface area contributed by atoms with Crippen molar-refractivity contribution in [1.29, 1.82) is 0 Å². The third-order valence-electron chi connectivity index (χ3n) is 2.81. The second kappa shape index (κ2) is 4.47. The van der Waals surface area contributed by atoms with E-state index >= 15 is 0 Å². The van der Waals surface area contributed by atoms with Crippen molar-refractivity contribution in [1.82, 2.24) is 5.32 Å². The number of aryl methyl sites for hydroxylation is 1. The Morgan fingerprint density at radius 2 is 1.86 bits per heavy atom. The van der Waals surface area contributed by atoms with Crippen molar-refractivity contribution in [3.8, 4) is 5.75 Å². The van der Waals surface area contributed by atoms with Crippen LogP contribution in [-0.2, 0) is 6.42 Å². The normalized spacial score (nSPS) is 10.6. The van der Waals surface area contributed by atoms with Gasteiger partial charge in [-0.15, -0.1) is 0 Å². The molecule has 2 nitrogen and oxygen atoms in total. The number of hydrogen-bond donors (Lipinski definition) is 2. The lowest BCUT2D eigenvalue weighted by molar-refractivity contribution is 0.466. The molecule has 0 spiro atoms. The third kappa shape index (κ3) is 2.07. The van der Waals surface area contributed by atoms with Gasteiger partial charge in [-0.2, -0.15) is 0 Å². The molecule has 0 aliphatic rings. The summed E-state index contributed by atoms with van der Waals surface area (Å²) in [4.78, 5) is 0. The Hall–Kier alpha value is -1.02. The average molecular weight is 193 g/mol. The van der Waals surface area contributed by atoms with Crippen LogP contribution >= 0.6 is 0 Å². The molecule has 0 saturated heterocycles. The Bertz CT molecular complexity index is 332. The maximum Gasteiger partial charge on any atom is 0.121 e. The van der Waals surface area contributed by atoms with Crippen LogP contribution in [0.2, 0.25) is 0 Å². The van der Waals surface area contributed by atoms with Crippen LogP contribution < -0.4 is 5.32 Å². The number of phenolic OH excluding ortho intramolecular Hbond substituents is 1. The molecular weight excluding hydrogens is 174 g/mol. The van der Waals surface area contributed by atoms with Crippen LogP contribution in [0.25, 0.3) is 0 Å². The van der Waals surface area contributed by atoms with E-state index in [0.29, 0.717) is 5.75 Å². The molecule has 14 heavy (non-hydrogen) atoms. The van der Waals surface area contributed by atoms with E-state index in [-0.39, 0.29) is 0 Å². The van der Waals surface area contributed by atoms with E-state index < -0.39 is 0 Å². The van der Waals surface area contributed by atoms with Gasteiger partial charge in [-0.25, -0.2) is 0 Å². The number of likely N-dealkylation sites (N-methyl/N-ethyl adjacent to an activating group) is 1. The van der Waals surface area contributed by atoms with Gasteiger partial charge in [-0.1, -0.05) is 6.07 Å². The lowest BCUT2D eigenvalue weighted by atomic mass is 9.97. The fraction of sp³-hybridized carbons (Fsp3) is 0.500. The third-order valence-corrected chi connectivity index (χ3v) is 2.81. The summed E-state index contributed by atoms with van der Waals surface area (Å²) in [7, 11) is 1.95. The number of benzene rings is 1. The number of hydrogen-bond acceptors (Lipinski definition) is 2. The highest BCUT2D eigenvalue weighted by Crippen LogP contribution is 2.27. The first-order valence-corrected chi connectivity index (χ1v) is 5.01. The lowest BCUT2D eigenvalue weighted by Crippen LogP contribution is -2.11. The van der Waals surface area contributed by atoms with Gasteiger partial charge in [0.15, 0.2) is 0 Å². The molecule has 0 heterocycles. The monoisotopic (exact) mass is 193 g/mol. The van der Waals surface area contributed by atoms with Gasteiger partial charge < -0.3 is 10.4 Å². The van der Waals surface area contributed by atoms with Crippen LogP contribution in [-0.4, -0.2) is 18.7 Å². The number of aromatic hydroxyl groups is 1. The van der Waals surface area contributed by atoms with E-state index in [9.17, 15) is 5.11 Å². The molecule has 0 aliphatic heterocycles. The highest BCUT2D eigenvalue weighted by atomic mass is 16.3. The van der Waals surface area contributed by atoms with E-state index in [4.69, 9.17) is 0 Å². The quantitative estimate of drug-likeness (QED) is 0.770. The first kappa shape index (κ1) is 11.1. The number of phenols is 1. The molecule has 1 aromatic carbocycles. The van der Waals surface area contributed by atoms with E-state index in [1.165, 1.54) is 11.1 Å². The maximum absolute atomic E-state index is 9.72. The molecule has 0 bridgehead atoms. The fourth-order valence-corrected chi connectivity index (χ4v) is 1.67. The molecule has 1 aromatic rings. The summed E-state index contributed by atoms with van der Waals surface area (Å²) in [6.07, 6.45) is 1.02. The minimum atomic E-state index is 0.440. The second-order valence-electron chi connectivity index (χ2n) is 3.80. The zero-order chi connectivity index (χ0) is 10.7. The van der Waals surface area contributed by atoms with Crippen molar-refractivity contribution in [2.45, 2.75) is 27.2 Å². The van der Waals surface area contributed by atoms with Gasteiger partial charge in [-0.3, -0.25) is 0 Å². The SMILES string of the molecule is CNCCc1cc(C)c(O)c(C)c1C. The van der Waals surface area contributed by atoms with Crippen molar-refractivity contribution in [2.24, 2.45) is 0 Å². The minimum Gasteiger partial charge on any atom is -0.507 e.